The predicted molar refractivity (Wildman–Crippen MR) is 62.3 cm³/mol. The summed E-state index contributed by atoms with van der Waals surface area (Å²) in [6, 6.07) is 3.28. The summed E-state index contributed by atoms with van der Waals surface area (Å²) in [5, 5.41) is 4.16. The average molecular weight is 225 g/mol. The van der Waals surface area contributed by atoms with Gasteiger partial charge < -0.3 is 0 Å². The van der Waals surface area contributed by atoms with Crippen LogP contribution in [-0.4, -0.2) is 17.0 Å². The molecule has 0 aliphatic rings. The van der Waals surface area contributed by atoms with E-state index in [0.29, 0.717) is 0 Å². The highest BCUT2D eigenvalue weighted by atomic mass is 32.1. The molecule has 0 aliphatic heterocycles. The normalized spacial score (nSPS) is 12.2. The second-order valence-electron chi connectivity index (χ2n) is 3.25. The van der Waals surface area contributed by atoms with E-state index in [1.54, 1.807) is 6.07 Å². The highest BCUT2D eigenvalue weighted by molar-refractivity contribution is 7.78. The highest BCUT2D eigenvalue weighted by Crippen LogP contribution is 2.17. The molecular formula is C10H11NOS2. The number of rotatable bonds is 4. The number of thiophene rings is 1. The van der Waals surface area contributed by atoms with Gasteiger partial charge >= 0.3 is 0 Å². The molecule has 0 N–H and O–H groups in total. The lowest BCUT2D eigenvalue weighted by Gasteiger charge is -2.11. The third-order valence-corrected chi connectivity index (χ3v) is 2.85. The molecule has 4 heteroatoms. The van der Waals surface area contributed by atoms with E-state index in [0.717, 1.165) is 4.88 Å². The average Bonchev–Trinajstić information content (AvgIpc) is 2.65. The van der Waals surface area contributed by atoms with Crippen LogP contribution in [0.5, 0.6) is 0 Å². The molecule has 0 aliphatic carbocycles. The van der Waals surface area contributed by atoms with Crippen molar-refractivity contribution in [3.8, 4) is 0 Å². The van der Waals surface area contributed by atoms with Gasteiger partial charge in [0.15, 0.2) is 5.78 Å². The quantitative estimate of drug-likeness (QED) is 0.448. The number of carbonyl (C=O) groups excluding carboxylic acids is 1. The molecule has 0 fully saturated rings. The van der Waals surface area contributed by atoms with Crippen LogP contribution in [-0.2, 0) is 0 Å². The van der Waals surface area contributed by atoms with Gasteiger partial charge in [0.25, 0.3) is 0 Å². The lowest BCUT2D eigenvalue weighted by molar-refractivity contribution is 0.0946. The van der Waals surface area contributed by atoms with E-state index < -0.39 is 0 Å². The zero-order chi connectivity index (χ0) is 10.6. The maximum Gasteiger partial charge on any atom is 0.198 e. The summed E-state index contributed by atoms with van der Waals surface area (Å²) < 4.78 is 0. The Morgan fingerprint density at radius 2 is 2.36 bits per heavy atom. The second kappa shape index (κ2) is 5.15. The molecule has 1 atom stereocenters. The molecule has 0 saturated carbocycles. The Labute approximate surface area is 92.7 Å². The van der Waals surface area contributed by atoms with Crippen molar-refractivity contribution in [1.29, 1.82) is 0 Å². The number of ketones is 1. The van der Waals surface area contributed by atoms with Crippen LogP contribution in [0.3, 0.4) is 0 Å². The Morgan fingerprint density at radius 3 is 2.79 bits per heavy atom. The molecule has 1 heterocycles. The van der Waals surface area contributed by atoms with Gasteiger partial charge in [0, 0.05) is 0 Å². The largest absolute Gasteiger partial charge is 0.291 e. The number of nitrogens with zero attached hydrogens (tertiary/aromatic N) is 1. The number of thiocarbonyl (C=S) groups is 1. The van der Waals surface area contributed by atoms with Crippen molar-refractivity contribution in [3.63, 3.8) is 0 Å². The predicted octanol–water partition coefficient (Wildman–Crippen LogP) is 3.06. The van der Waals surface area contributed by atoms with Gasteiger partial charge in [-0.3, -0.25) is 4.79 Å². The lowest BCUT2D eigenvalue weighted by Crippen LogP contribution is -2.23. The van der Waals surface area contributed by atoms with Crippen molar-refractivity contribution >= 4 is 34.5 Å². The Kier molecular flexibility index (Phi) is 4.14. The van der Waals surface area contributed by atoms with Gasteiger partial charge in [0.1, 0.15) is 6.04 Å². The molecular weight excluding hydrogens is 214 g/mol. The van der Waals surface area contributed by atoms with E-state index in [1.165, 1.54) is 11.3 Å². The first kappa shape index (κ1) is 11.2. The van der Waals surface area contributed by atoms with Gasteiger partial charge in [-0.25, -0.2) is 4.99 Å². The van der Waals surface area contributed by atoms with Gasteiger partial charge in [-0.1, -0.05) is 19.9 Å². The third-order valence-electron chi connectivity index (χ3n) is 1.86. The third kappa shape index (κ3) is 2.58. The van der Waals surface area contributed by atoms with Crippen molar-refractivity contribution < 1.29 is 4.79 Å². The number of aliphatic imine (C=N–C) groups is 1. The minimum absolute atomic E-state index is 0.0346. The SMILES string of the molecule is CC(C)C(N=C=S)C(=O)c1cccs1. The van der Waals surface area contributed by atoms with Crippen LogP contribution in [0.1, 0.15) is 23.5 Å². The number of isothiocyanates is 1. The molecule has 1 aromatic heterocycles. The Bertz CT molecular complexity index is 350. The number of hydrogen-bond donors (Lipinski definition) is 0. The molecule has 74 valence electrons. The monoisotopic (exact) mass is 225 g/mol. The van der Waals surface area contributed by atoms with Crippen LogP contribution < -0.4 is 0 Å². The standard InChI is InChI=1S/C10H11NOS2/c1-7(2)9(11-6-13)10(12)8-4-3-5-14-8/h3-5,7,9H,1-2H3. The summed E-state index contributed by atoms with van der Waals surface area (Å²) in [6.45, 7) is 3.90. The summed E-state index contributed by atoms with van der Waals surface area (Å²) in [6.07, 6.45) is 0. The van der Waals surface area contributed by atoms with Crippen LogP contribution in [0.2, 0.25) is 0 Å². The number of carbonyl (C=O) groups is 1. The minimum atomic E-state index is -0.383. The fourth-order valence-electron chi connectivity index (χ4n) is 1.13. The van der Waals surface area contributed by atoms with Crippen LogP contribution in [0, 0.1) is 5.92 Å². The van der Waals surface area contributed by atoms with Crippen molar-refractivity contribution in [2.75, 3.05) is 0 Å². The van der Waals surface area contributed by atoms with Gasteiger partial charge in [0.2, 0.25) is 0 Å². The lowest BCUT2D eigenvalue weighted by atomic mass is 10.00. The summed E-state index contributed by atoms with van der Waals surface area (Å²) in [4.78, 5) is 16.5. The maximum absolute atomic E-state index is 11.9. The van der Waals surface area contributed by atoms with Crippen LogP contribution in [0.4, 0.5) is 0 Å². The summed E-state index contributed by atoms with van der Waals surface area (Å²) in [5.74, 6) is 0.187. The fraction of sp³-hybridized carbons (Fsp3) is 0.400. The van der Waals surface area contributed by atoms with E-state index in [-0.39, 0.29) is 17.7 Å². The van der Waals surface area contributed by atoms with E-state index in [4.69, 9.17) is 0 Å². The van der Waals surface area contributed by atoms with E-state index in [1.807, 2.05) is 25.3 Å². The van der Waals surface area contributed by atoms with Gasteiger partial charge in [-0.05, 0) is 29.6 Å². The molecule has 0 radical (unpaired) electrons. The topological polar surface area (TPSA) is 29.4 Å². The molecule has 0 amide bonds. The van der Waals surface area contributed by atoms with Gasteiger partial charge in [0.05, 0.1) is 10.0 Å². The van der Waals surface area contributed by atoms with Crippen molar-refractivity contribution in [2.45, 2.75) is 19.9 Å². The minimum Gasteiger partial charge on any atom is -0.291 e. The summed E-state index contributed by atoms with van der Waals surface area (Å²) in [5.41, 5.74) is 0. The first-order valence-corrected chi connectivity index (χ1v) is 5.60. The second-order valence-corrected chi connectivity index (χ2v) is 4.38. The van der Waals surface area contributed by atoms with Crippen LogP contribution in [0.15, 0.2) is 22.5 Å². The molecule has 0 aromatic carbocycles. The van der Waals surface area contributed by atoms with Crippen LogP contribution in [0.25, 0.3) is 0 Å². The van der Waals surface area contributed by atoms with Crippen molar-refractivity contribution in [2.24, 2.45) is 10.9 Å². The highest BCUT2D eigenvalue weighted by Gasteiger charge is 2.22. The molecule has 1 rings (SSSR count). The number of Topliss-reactive ketones (excluding diaryl/α,β-unsaturated/α-hetero) is 1. The molecule has 2 nitrogen and oxygen atoms in total. The molecule has 1 aromatic rings. The van der Waals surface area contributed by atoms with Crippen molar-refractivity contribution in [3.05, 3.63) is 22.4 Å². The summed E-state index contributed by atoms with van der Waals surface area (Å²) in [7, 11) is 0. The van der Waals surface area contributed by atoms with Crippen molar-refractivity contribution in [1.82, 2.24) is 0 Å². The Hall–Kier alpha value is -0.830. The fourth-order valence-corrected chi connectivity index (χ4v) is 1.94. The van der Waals surface area contributed by atoms with E-state index in [9.17, 15) is 4.79 Å². The molecule has 0 saturated heterocycles. The van der Waals surface area contributed by atoms with E-state index in [2.05, 4.69) is 22.4 Å². The van der Waals surface area contributed by atoms with E-state index >= 15 is 0 Å². The Morgan fingerprint density at radius 1 is 1.64 bits per heavy atom. The summed E-state index contributed by atoms with van der Waals surface area (Å²) >= 11 is 5.96. The first-order valence-electron chi connectivity index (χ1n) is 4.31. The zero-order valence-electron chi connectivity index (χ0n) is 8.06. The molecule has 1 unspecified atom stereocenters. The maximum atomic E-state index is 11.9. The molecule has 0 spiro atoms. The smallest absolute Gasteiger partial charge is 0.198 e. The zero-order valence-corrected chi connectivity index (χ0v) is 9.69. The molecule has 0 bridgehead atoms. The number of hydrogen-bond acceptors (Lipinski definition) is 4. The van der Waals surface area contributed by atoms with Gasteiger partial charge in [-0.2, -0.15) is 0 Å². The van der Waals surface area contributed by atoms with Crippen LogP contribution >= 0.6 is 23.6 Å². The molecule has 14 heavy (non-hydrogen) atoms. The Balaban J connectivity index is 2.90. The van der Waals surface area contributed by atoms with Gasteiger partial charge in [-0.15, -0.1) is 11.3 Å². The first-order chi connectivity index (χ1) is 6.66.